The summed E-state index contributed by atoms with van der Waals surface area (Å²) < 4.78 is 71.7. The van der Waals surface area contributed by atoms with E-state index in [4.69, 9.17) is 4.98 Å². The van der Waals surface area contributed by atoms with E-state index >= 15 is 0 Å². The van der Waals surface area contributed by atoms with E-state index in [9.17, 15) is 40.9 Å². The van der Waals surface area contributed by atoms with E-state index in [1.54, 1.807) is 30.3 Å². The molecule has 2 aromatic heterocycles. The molecule has 1 unspecified atom stereocenters. The van der Waals surface area contributed by atoms with Gasteiger partial charge in [-0.25, -0.2) is 51.9 Å². The number of carbonyl (C=O) groups excluding carboxylic acids is 4. The number of fused-ring (bicyclic) bond motifs is 2. The van der Waals surface area contributed by atoms with E-state index in [-0.39, 0.29) is 59.7 Å². The van der Waals surface area contributed by atoms with Crippen LogP contribution in [0.3, 0.4) is 0 Å². The fourth-order valence-corrected chi connectivity index (χ4v) is 8.46. The van der Waals surface area contributed by atoms with E-state index in [0.717, 1.165) is 45.2 Å². The van der Waals surface area contributed by atoms with Crippen molar-refractivity contribution >= 4 is 63.6 Å². The highest BCUT2D eigenvalue weighted by atomic mass is 32.2. The molecular formula is C52H56F4N12O5S. The fraction of sp³-hybridized carbons (Fsp3) is 0.308. The summed E-state index contributed by atoms with van der Waals surface area (Å²) >= 11 is 0. The second-order valence-electron chi connectivity index (χ2n) is 18.5. The highest BCUT2D eigenvalue weighted by Gasteiger charge is 2.37. The van der Waals surface area contributed by atoms with E-state index < -0.39 is 57.5 Å². The van der Waals surface area contributed by atoms with Crippen LogP contribution in [0.2, 0.25) is 0 Å². The van der Waals surface area contributed by atoms with Crippen molar-refractivity contribution in [2.75, 3.05) is 55.2 Å². The third-order valence-electron chi connectivity index (χ3n) is 11.8. The molecule has 6 aromatic rings. The molecule has 8 rings (SSSR count). The molecule has 0 aliphatic carbocycles. The van der Waals surface area contributed by atoms with Gasteiger partial charge in [0.1, 0.15) is 34.6 Å². The van der Waals surface area contributed by atoms with Crippen molar-refractivity contribution < 1.29 is 40.9 Å². The fourth-order valence-electron chi connectivity index (χ4n) is 8.03. The van der Waals surface area contributed by atoms with Crippen LogP contribution < -0.4 is 36.0 Å². The van der Waals surface area contributed by atoms with E-state index in [0.29, 0.717) is 57.9 Å². The van der Waals surface area contributed by atoms with Crippen LogP contribution in [0.1, 0.15) is 70.7 Å². The Hall–Kier alpha value is -7.85. The molecule has 4 heterocycles. The lowest BCUT2D eigenvalue weighted by atomic mass is 9.97. The maximum atomic E-state index is 14.9. The van der Waals surface area contributed by atoms with Gasteiger partial charge in [0.15, 0.2) is 11.6 Å². The Morgan fingerprint density at radius 2 is 1.07 bits per heavy atom. The molecule has 2 aliphatic heterocycles. The maximum absolute atomic E-state index is 14.9. The number of hydrogen-bond donors (Lipinski definition) is 4. The van der Waals surface area contributed by atoms with E-state index in [1.165, 1.54) is 18.4 Å². The van der Waals surface area contributed by atoms with Crippen molar-refractivity contribution in [3.05, 3.63) is 129 Å². The smallest absolute Gasteiger partial charge is 0.328 e. The van der Waals surface area contributed by atoms with Crippen molar-refractivity contribution in [3.63, 3.8) is 0 Å². The average Bonchev–Trinajstić information content (AvgIpc) is 3.33. The number of aromatic nitrogens is 4. The van der Waals surface area contributed by atoms with Crippen LogP contribution in [0.25, 0.3) is 22.5 Å². The molecule has 6 amide bonds. The number of halogens is 4. The number of hydrogen-bond acceptors (Lipinski definition) is 11. The number of urea groups is 2. The summed E-state index contributed by atoms with van der Waals surface area (Å²) in [7, 11) is 4.01. The third-order valence-corrected chi connectivity index (χ3v) is 12.5. The molecule has 0 spiro atoms. The highest BCUT2D eigenvalue weighted by molar-refractivity contribution is 7.84. The molecule has 0 saturated heterocycles. The lowest BCUT2D eigenvalue weighted by Crippen LogP contribution is -2.43. The van der Waals surface area contributed by atoms with Crippen molar-refractivity contribution in [2.24, 2.45) is 0 Å². The van der Waals surface area contributed by atoms with Crippen LogP contribution >= 0.6 is 0 Å². The summed E-state index contributed by atoms with van der Waals surface area (Å²) in [4.78, 5) is 75.1. The van der Waals surface area contributed by atoms with Crippen molar-refractivity contribution in [3.8, 4) is 22.5 Å². The minimum atomic E-state index is -1.68. The molecule has 1 atom stereocenters. The van der Waals surface area contributed by atoms with Gasteiger partial charge in [-0.3, -0.25) is 13.8 Å². The first kappa shape index (κ1) is 53.9. The van der Waals surface area contributed by atoms with Gasteiger partial charge in [0.05, 0.1) is 35.3 Å². The van der Waals surface area contributed by atoms with Gasteiger partial charge in [0.2, 0.25) is 11.1 Å². The topological polar surface area (TPSA) is 198 Å². The Bertz CT molecular complexity index is 3170. The first-order valence-electron chi connectivity index (χ1n) is 23.4. The van der Waals surface area contributed by atoms with Gasteiger partial charge in [-0.2, -0.15) is 4.98 Å². The Morgan fingerprint density at radius 1 is 0.649 bits per heavy atom. The normalized spacial score (nSPS) is 13.4. The Labute approximate surface area is 428 Å². The van der Waals surface area contributed by atoms with Crippen LogP contribution in [0.5, 0.6) is 0 Å². The summed E-state index contributed by atoms with van der Waals surface area (Å²) in [6, 6.07) is 15.4. The number of anilines is 5. The maximum Gasteiger partial charge on any atom is 0.328 e. The van der Waals surface area contributed by atoms with Crippen LogP contribution in [-0.4, -0.2) is 105 Å². The lowest BCUT2D eigenvalue weighted by Gasteiger charge is -2.32. The zero-order valence-corrected chi connectivity index (χ0v) is 43.3. The summed E-state index contributed by atoms with van der Waals surface area (Å²) in [5, 5.41) is 10.9. The molecule has 4 aromatic carbocycles. The highest BCUT2D eigenvalue weighted by Crippen LogP contribution is 2.41. The van der Waals surface area contributed by atoms with Crippen LogP contribution in [-0.2, 0) is 23.9 Å². The molecular weight excluding hydrogens is 981 g/mol. The number of nitrogens with one attached hydrogen (secondary N) is 4. The number of aryl methyl sites for hydroxylation is 2. The summed E-state index contributed by atoms with van der Waals surface area (Å²) in [5.74, 6) is -3.97. The van der Waals surface area contributed by atoms with Crippen LogP contribution in [0, 0.1) is 37.1 Å². The van der Waals surface area contributed by atoms with Gasteiger partial charge in [-0.1, -0.05) is 24.3 Å². The van der Waals surface area contributed by atoms with Gasteiger partial charge >= 0.3 is 12.1 Å². The molecule has 17 nitrogen and oxygen atoms in total. The molecule has 388 valence electrons. The Morgan fingerprint density at radius 3 is 1.47 bits per heavy atom. The third kappa shape index (κ3) is 11.5. The molecule has 2 aliphatic rings. The number of likely N-dealkylation sites (N-methyl/N-ethyl adjacent to an activating group) is 2. The minimum absolute atomic E-state index is 0.0332. The number of rotatable bonds is 13. The van der Waals surface area contributed by atoms with Gasteiger partial charge in [-0.15, -0.1) is 0 Å². The van der Waals surface area contributed by atoms with Crippen LogP contribution in [0.4, 0.5) is 56.1 Å². The molecule has 74 heavy (non-hydrogen) atoms. The predicted molar refractivity (Wildman–Crippen MR) is 275 cm³/mol. The second kappa shape index (κ2) is 22.5. The summed E-state index contributed by atoms with van der Waals surface area (Å²) in [6.45, 7) is 12.4. The van der Waals surface area contributed by atoms with E-state index in [1.807, 2.05) is 78.6 Å². The van der Waals surface area contributed by atoms with Crippen molar-refractivity contribution in [1.29, 1.82) is 0 Å². The van der Waals surface area contributed by atoms with Crippen molar-refractivity contribution in [1.82, 2.24) is 46.1 Å². The SMILES string of the molecule is Cc1ccc(C(=O)NC(C)C)cc1-c1nc(N(C)CCN(C)C)nc2c1CNC(=O)N2c1c(F)cccc1F.Cc1ccc(C(=O)NC(C)C)cc1-c1nc(S(C)=O)nc2c1CNC(=O)N2c1c(F)cccc1F. The second-order valence-corrected chi connectivity index (χ2v) is 19.7. The standard InChI is InChI=1S/C28H33F2N7O2.C24H23F2N5O3S/c1-16(2)32-26(38)18-11-10-17(3)19(14-18)23-20-15-31-28(39)37(24-21(29)8-7-9-22(24)30)25(20)34-27(33-23)36(6)13-12-35(4)5;1-12(2)28-22(32)14-9-8-13(3)15(10-14)19-16-11-27-24(33)31(20-17(25)6-5-7-18(20)26)21(16)30-23(29-19)35(4)34/h7-11,14,16H,12-13,15H2,1-6H3,(H,31,39)(H,32,38);5-10,12H,11H2,1-4H3,(H,27,33)(H,28,32). The average molecular weight is 1040 g/mol. The zero-order chi connectivity index (χ0) is 53.9. The lowest BCUT2D eigenvalue weighted by molar-refractivity contribution is 0.0934. The summed E-state index contributed by atoms with van der Waals surface area (Å²) in [5.41, 5.74) is 4.07. The number of nitrogens with zero attached hydrogens (tertiary/aromatic N) is 8. The van der Waals surface area contributed by atoms with Gasteiger partial charge in [-0.05, 0) is 115 Å². The molecule has 0 fully saturated rings. The minimum Gasteiger partial charge on any atom is -0.350 e. The first-order chi connectivity index (χ1) is 35.1. The molecule has 0 radical (unpaired) electrons. The zero-order valence-electron chi connectivity index (χ0n) is 42.5. The van der Waals surface area contributed by atoms with Crippen LogP contribution in [0.15, 0.2) is 78.0 Å². The summed E-state index contributed by atoms with van der Waals surface area (Å²) in [6.07, 6.45) is 1.36. The predicted octanol–water partition coefficient (Wildman–Crippen LogP) is 8.19. The Kier molecular flexibility index (Phi) is 16.4. The number of carbonyl (C=O) groups is 4. The number of para-hydroxylation sites is 2. The first-order valence-corrected chi connectivity index (χ1v) is 25.0. The number of amides is 6. The van der Waals surface area contributed by atoms with Crippen molar-refractivity contribution in [2.45, 2.75) is 71.9 Å². The quantitative estimate of drug-likeness (QED) is 0.0643. The van der Waals surface area contributed by atoms with Gasteiger partial charge < -0.3 is 31.1 Å². The molecule has 0 saturated carbocycles. The van der Waals surface area contributed by atoms with E-state index in [2.05, 4.69) is 36.2 Å². The monoisotopic (exact) mass is 1040 g/mol. The molecule has 4 N–H and O–H groups in total. The van der Waals surface area contributed by atoms with Gasteiger partial charge in [0, 0.05) is 71.9 Å². The molecule has 22 heteroatoms. The van der Waals surface area contributed by atoms with Gasteiger partial charge in [0.25, 0.3) is 11.8 Å². The number of benzene rings is 4. The Balaban J connectivity index is 0.000000217. The molecule has 0 bridgehead atoms. The largest absolute Gasteiger partial charge is 0.350 e.